The largest absolute Gasteiger partial charge is 0.493 e. The molecular weight excluding hydrogens is 308 g/mol. The molecule has 0 atom stereocenters. The topological polar surface area (TPSA) is 60.0 Å². The van der Waals surface area contributed by atoms with Crippen molar-refractivity contribution in [3.8, 4) is 11.5 Å². The van der Waals surface area contributed by atoms with Crippen molar-refractivity contribution in [1.82, 2.24) is 10.2 Å². The fraction of sp³-hybridized carbons (Fsp3) is 0.500. The van der Waals surface area contributed by atoms with E-state index in [4.69, 9.17) is 14.2 Å². The first-order chi connectivity index (χ1) is 11.6. The van der Waals surface area contributed by atoms with Gasteiger partial charge in [0.25, 0.3) is 0 Å². The Labute approximate surface area is 143 Å². The lowest BCUT2D eigenvalue weighted by molar-refractivity contribution is -0.117. The van der Waals surface area contributed by atoms with Gasteiger partial charge in [0.2, 0.25) is 5.91 Å². The Morgan fingerprint density at radius 3 is 2.62 bits per heavy atom. The maximum atomic E-state index is 12.2. The van der Waals surface area contributed by atoms with Crippen LogP contribution in [0.25, 0.3) is 6.08 Å². The minimum absolute atomic E-state index is 0.0574. The Morgan fingerprint density at radius 1 is 1.25 bits per heavy atom. The van der Waals surface area contributed by atoms with Gasteiger partial charge in [-0.1, -0.05) is 6.07 Å². The fourth-order valence-corrected chi connectivity index (χ4v) is 2.55. The average molecular weight is 334 g/mol. The van der Waals surface area contributed by atoms with Crippen LogP contribution in [-0.4, -0.2) is 64.4 Å². The molecule has 132 valence electrons. The molecule has 0 saturated carbocycles. The Kier molecular flexibility index (Phi) is 7.08. The first kappa shape index (κ1) is 18.3. The summed E-state index contributed by atoms with van der Waals surface area (Å²) < 4.78 is 15.8. The van der Waals surface area contributed by atoms with Crippen molar-refractivity contribution < 1.29 is 19.0 Å². The number of hydrogen-bond acceptors (Lipinski definition) is 5. The summed E-state index contributed by atoms with van der Waals surface area (Å²) in [5.74, 6) is 1.26. The number of hydrogen-bond donors (Lipinski definition) is 1. The number of morpholine rings is 1. The number of benzene rings is 1. The molecule has 6 nitrogen and oxygen atoms in total. The van der Waals surface area contributed by atoms with Crippen LogP contribution in [0.2, 0.25) is 0 Å². The minimum Gasteiger partial charge on any atom is -0.493 e. The molecule has 0 aromatic heterocycles. The van der Waals surface area contributed by atoms with E-state index in [9.17, 15) is 4.79 Å². The molecule has 1 heterocycles. The maximum absolute atomic E-state index is 12.2. The summed E-state index contributed by atoms with van der Waals surface area (Å²) in [6.07, 6.45) is 1.84. The molecule has 1 saturated heterocycles. The van der Waals surface area contributed by atoms with Gasteiger partial charge in [0.15, 0.2) is 11.5 Å². The summed E-state index contributed by atoms with van der Waals surface area (Å²) >= 11 is 0. The number of carbonyl (C=O) groups excluding carboxylic acids is 1. The van der Waals surface area contributed by atoms with Gasteiger partial charge in [-0.05, 0) is 30.7 Å². The second kappa shape index (κ2) is 9.30. The number of ether oxygens (including phenoxy) is 3. The zero-order chi connectivity index (χ0) is 17.4. The van der Waals surface area contributed by atoms with E-state index in [1.54, 1.807) is 21.1 Å². The molecule has 2 rings (SSSR count). The van der Waals surface area contributed by atoms with E-state index >= 15 is 0 Å². The number of carbonyl (C=O) groups is 1. The van der Waals surface area contributed by atoms with Crippen LogP contribution in [0.3, 0.4) is 0 Å². The SMILES string of the molecule is COc1ccc(/C=C(\C)C(=O)NCCN2CCOCC2)cc1OC. The van der Waals surface area contributed by atoms with Crippen molar-refractivity contribution in [1.29, 1.82) is 0 Å². The summed E-state index contributed by atoms with van der Waals surface area (Å²) in [6, 6.07) is 5.57. The van der Waals surface area contributed by atoms with E-state index in [1.807, 2.05) is 24.3 Å². The molecule has 0 aliphatic carbocycles. The molecule has 0 spiro atoms. The number of rotatable bonds is 7. The average Bonchev–Trinajstić information content (AvgIpc) is 2.62. The van der Waals surface area contributed by atoms with E-state index in [1.165, 1.54) is 0 Å². The number of methoxy groups -OCH3 is 2. The smallest absolute Gasteiger partial charge is 0.246 e. The van der Waals surface area contributed by atoms with Crippen molar-refractivity contribution in [2.45, 2.75) is 6.92 Å². The van der Waals surface area contributed by atoms with Crippen LogP contribution in [0.5, 0.6) is 11.5 Å². The Hall–Kier alpha value is -2.05. The zero-order valence-electron chi connectivity index (χ0n) is 14.6. The predicted octanol–water partition coefficient (Wildman–Crippen LogP) is 1.56. The first-order valence-corrected chi connectivity index (χ1v) is 8.12. The van der Waals surface area contributed by atoms with Gasteiger partial charge in [-0.3, -0.25) is 9.69 Å². The molecule has 0 unspecified atom stereocenters. The first-order valence-electron chi connectivity index (χ1n) is 8.12. The molecule has 24 heavy (non-hydrogen) atoms. The molecule has 1 N–H and O–H groups in total. The normalized spacial score (nSPS) is 15.9. The molecule has 1 fully saturated rings. The highest BCUT2D eigenvalue weighted by molar-refractivity contribution is 5.97. The predicted molar refractivity (Wildman–Crippen MR) is 93.5 cm³/mol. The number of nitrogens with one attached hydrogen (secondary N) is 1. The van der Waals surface area contributed by atoms with E-state index < -0.39 is 0 Å². The van der Waals surface area contributed by atoms with Crippen molar-refractivity contribution in [3.63, 3.8) is 0 Å². The summed E-state index contributed by atoms with van der Waals surface area (Å²) in [4.78, 5) is 14.5. The highest BCUT2D eigenvalue weighted by Crippen LogP contribution is 2.28. The van der Waals surface area contributed by atoms with Gasteiger partial charge < -0.3 is 19.5 Å². The Bertz CT molecular complexity index is 580. The third kappa shape index (κ3) is 5.25. The number of amides is 1. The molecule has 6 heteroatoms. The van der Waals surface area contributed by atoms with Gasteiger partial charge in [-0.25, -0.2) is 0 Å². The second-order valence-corrected chi connectivity index (χ2v) is 5.65. The summed E-state index contributed by atoms with van der Waals surface area (Å²) in [7, 11) is 3.19. The molecule has 1 aliphatic heterocycles. The molecule has 1 aliphatic rings. The fourth-order valence-electron chi connectivity index (χ4n) is 2.55. The van der Waals surface area contributed by atoms with E-state index in [0.29, 0.717) is 23.6 Å². The highest BCUT2D eigenvalue weighted by atomic mass is 16.5. The Morgan fingerprint density at radius 2 is 1.96 bits per heavy atom. The zero-order valence-corrected chi connectivity index (χ0v) is 14.6. The van der Waals surface area contributed by atoms with E-state index in [2.05, 4.69) is 10.2 Å². The summed E-state index contributed by atoms with van der Waals surface area (Å²) in [5, 5.41) is 2.96. The van der Waals surface area contributed by atoms with Crippen LogP contribution >= 0.6 is 0 Å². The van der Waals surface area contributed by atoms with Crippen molar-refractivity contribution >= 4 is 12.0 Å². The minimum atomic E-state index is -0.0574. The van der Waals surface area contributed by atoms with Crippen LogP contribution in [-0.2, 0) is 9.53 Å². The van der Waals surface area contributed by atoms with Crippen LogP contribution in [0.15, 0.2) is 23.8 Å². The van der Waals surface area contributed by atoms with E-state index in [-0.39, 0.29) is 5.91 Å². The molecule has 1 aromatic carbocycles. The van der Waals surface area contributed by atoms with Gasteiger partial charge in [0.1, 0.15) is 0 Å². The van der Waals surface area contributed by atoms with Gasteiger partial charge in [0, 0.05) is 31.8 Å². The van der Waals surface area contributed by atoms with Crippen LogP contribution in [0.1, 0.15) is 12.5 Å². The van der Waals surface area contributed by atoms with Crippen molar-refractivity contribution in [2.75, 3.05) is 53.6 Å². The molecule has 0 bridgehead atoms. The molecule has 1 amide bonds. The third-order valence-electron chi connectivity index (χ3n) is 3.97. The van der Waals surface area contributed by atoms with Crippen molar-refractivity contribution in [3.05, 3.63) is 29.3 Å². The standard InChI is InChI=1S/C18H26N2O4/c1-14(12-15-4-5-16(22-2)17(13-15)23-3)18(21)19-6-7-20-8-10-24-11-9-20/h4-5,12-13H,6-11H2,1-3H3,(H,19,21)/b14-12+. The van der Waals surface area contributed by atoms with Crippen LogP contribution in [0.4, 0.5) is 0 Å². The molecular formula is C18H26N2O4. The molecule has 0 radical (unpaired) electrons. The lowest BCUT2D eigenvalue weighted by Crippen LogP contribution is -2.41. The molecule has 1 aromatic rings. The third-order valence-corrected chi connectivity index (χ3v) is 3.97. The lowest BCUT2D eigenvalue weighted by atomic mass is 10.1. The van der Waals surface area contributed by atoms with Crippen molar-refractivity contribution in [2.24, 2.45) is 0 Å². The van der Waals surface area contributed by atoms with Crippen LogP contribution in [0, 0.1) is 0 Å². The van der Waals surface area contributed by atoms with Crippen LogP contribution < -0.4 is 14.8 Å². The van der Waals surface area contributed by atoms with Gasteiger partial charge in [-0.15, -0.1) is 0 Å². The van der Waals surface area contributed by atoms with Gasteiger partial charge in [0.05, 0.1) is 27.4 Å². The number of nitrogens with zero attached hydrogens (tertiary/aromatic N) is 1. The Balaban J connectivity index is 1.88. The summed E-state index contributed by atoms with van der Waals surface area (Å²) in [6.45, 7) is 6.68. The summed E-state index contributed by atoms with van der Waals surface area (Å²) in [5.41, 5.74) is 1.55. The van der Waals surface area contributed by atoms with Gasteiger partial charge in [-0.2, -0.15) is 0 Å². The lowest BCUT2D eigenvalue weighted by Gasteiger charge is -2.26. The highest BCUT2D eigenvalue weighted by Gasteiger charge is 2.11. The van der Waals surface area contributed by atoms with Gasteiger partial charge >= 0.3 is 0 Å². The monoisotopic (exact) mass is 334 g/mol. The van der Waals surface area contributed by atoms with E-state index in [0.717, 1.165) is 38.4 Å². The quantitative estimate of drug-likeness (QED) is 0.767. The second-order valence-electron chi connectivity index (χ2n) is 5.65. The maximum Gasteiger partial charge on any atom is 0.246 e.